The standard InChI is InChI=1S/C23H33N3O3/c1-4-24-23(25-15-19-8-5-6-9-21(19)17-27)26-16-20-11-10-18(2)14-22(20)29-13-7-12-28-3/h5-6,8-11,14,27H,4,7,12-13,15-17H2,1-3H3,(H2,24,25,26). The summed E-state index contributed by atoms with van der Waals surface area (Å²) in [6.45, 7) is 7.29. The van der Waals surface area contributed by atoms with Crippen LogP contribution in [0.1, 0.15) is 35.6 Å². The number of nitrogens with one attached hydrogen (secondary N) is 2. The van der Waals surface area contributed by atoms with Crippen LogP contribution < -0.4 is 15.4 Å². The van der Waals surface area contributed by atoms with Crippen molar-refractivity contribution in [3.05, 3.63) is 64.7 Å². The molecule has 6 nitrogen and oxygen atoms in total. The van der Waals surface area contributed by atoms with Crippen molar-refractivity contribution in [2.24, 2.45) is 4.99 Å². The molecule has 3 N–H and O–H groups in total. The van der Waals surface area contributed by atoms with Crippen LogP contribution in [0.5, 0.6) is 5.75 Å². The number of hydrogen-bond donors (Lipinski definition) is 3. The van der Waals surface area contributed by atoms with Gasteiger partial charge in [-0.05, 0) is 36.6 Å². The summed E-state index contributed by atoms with van der Waals surface area (Å²) in [4.78, 5) is 4.72. The summed E-state index contributed by atoms with van der Waals surface area (Å²) in [6, 6.07) is 14.0. The number of hydrogen-bond acceptors (Lipinski definition) is 4. The molecule has 0 aromatic heterocycles. The molecule has 0 fully saturated rings. The number of methoxy groups -OCH3 is 1. The number of ether oxygens (including phenoxy) is 2. The lowest BCUT2D eigenvalue weighted by molar-refractivity contribution is 0.172. The van der Waals surface area contributed by atoms with E-state index in [-0.39, 0.29) is 6.61 Å². The first kappa shape index (κ1) is 22.7. The van der Waals surface area contributed by atoms with Gasteiger partial charge in [-0.2, -0.15) is 0 Å². The number of aliphatic hydroxyl groups is 1. The number of aliphatic imine (C=N–C) groups is 1. The molecule has 0 aliphatic rings. The van der Waals surface area contributed by atoms with Crippen LogP contribution in [0.3, 0.4) is 0 Å². The molecule has 0 aliphatic carbocycles. The number of aliphatic hydroxyl groups excluding tert-OH is 1. The Kier molecular flexibility index (Phi) is 10.0. The van der Waals surface area contributed by atoms with Crippen molar-refractivity contribution in [3.63, 3.8) is 0 Å². The Hall–Kier alpha value is -2.57. The summed E-state index contributed by atoms with van der Waals surface area (Å²) in [5, 5.41) is 16.1. The molecule has 0 spiro atoms. The van der Waals surface area contributed by atoms with Gasteiger partial charge in [0.25, 0.3) is 0 Å². The number of rotatable bonds is 11. The Labute approximate surface area is 174 Å². The van der Waals surface area contributed by atoms with Crippen molar-refractivity contribution in [2.45, 2.75) is 40.0 Å². The quantitative estimate of drug-likeness (QED) is 0.307. The van der Waals surface area contributed by atoms with Gasteiger partial charge in [0.1, 0.15) is 5.75 Å². The lowest BCUT2D eigenvalue weighted by Crippen LogP contribution is -2.37. The second-order valence-corrected chi connectivity index (χ2v) is 6.78. The average molecular weight is 400 g/mol. The fourth-order valence-corrected chi connectivity index (χ4v) is 2.88. The average Bonchev–Trinajstić information content (AvgIpc) is 2.74. The first-order valence-electron chi connectivity index (χ1n) is 10.1. The summed E-state index contributed by atoms with van der Waals surface area (Å²) >= 11 is 0. The first-order valence-corrected chi connectivity index (χ1v) is 10.1. The van der Waals surface area contributed by atoms with Crippen LogP contribution in [0.25, 0.3) is 0 Å². The molecular formula is C23H33N3O3. The molecule has 2 aromatic carbocycles. The van der Waals surface area contributed by atoms with Gasteiger partial charge >= 0.3 is 0 Å². The van der Waals surface area contributed by atoms with Crippen LogP contribution in [-0.4, -0.2) is 37.9 Å². The Morgan fingerprint density at radius 2 is 1.83 bits per heavy atom. The molecule has 0 bridgehead atoms. The van der Waals surface area contributed by atoms with Crippen molar-refractivity contribution in [1.82, 2.24) is 10.6 Å². The molecule has 0 unspecified atom stereocenters. The van der Waals surface area contributed by atoms with Crippen LogP contribution in [0.15, 0.2) is 47.5 Å². The maximum atomic E-state index is 9.50. The van der Waals surface area contributed by atoms with E-state index in [0.717, 1.165) is 46.9 Å². The van der Waals surface area contributed by atoms with Gasteiger partial charge in [0, 0.05) is 38.8 Å². The summed E-state index contributed by atoms with van der Waals surface area (Å²) in [5.74, 6) is 1.59. The minimum atomic E-state index is 0.0265. The predicted octanol–water partition coefficient (Wildman–Crippen LogP) is 3.16. The first-order chi connectivity index (χ1) is 14.2. The Bertz CT molecular complexity index is 778. The van der Waals surface area contributed by atoms with Crippen LogP contribution in [0.4, 0.5) is 0 Å². The second-order valence-electron chi connectivity index (χ2n) is 6.78. The van der Waals surface area contributed by atoms with E-state index in [1.807, 2.05) is 31.2 Å². The molecule has 158 valence electrons. The van der Waals surface area contributed by atoms with Gasteiger partial charge in [-0.1, -0.05) is 36.4 Å². The van der Waals surface area contributed by atoms with Crippen molar-refractivity contribution < 1.29 is 14.6 Å². The molecule has 2 rings (SSSR count). The number of benzene rings is 2. The van der Waals surface area contributed by atoms with E-state index in [0.29, 0.717) is 26.3 Å². The zero-order chi connectivity index (χ0) is 20.9. The molecular weight excluding hydrogens is 366 g/mol. The SMILES string of the molecule is CCNC(=NCc1ccc(C)cc1OCCCOC)NCc1ccccc1CO. The number of aryl methyl sites for hydroxylation is 1. The zero-order valence-electron chi connectivity index (χ0n) is 17.7. The number of guanidine groups is 1. The third-order valence-corrected chi connectivity index (χ3v) is 4.46. The molecule has 29 heavy (non-hydrogen) atoms. The van der Waals surface area contributed by atoms with E-state index < -0.39 is 0 Å². The molecule has 0 heterocycles. The van der Waals surface area contributed by atoms with E-state index in [1.54, 1.807) is 7.11 Å². The van der Waals surface area contributed by atoms with Crippen LogP contribution in [-0.2, 0) is 24.4 Å². The van der Waals surface area contributed by atoms with Gasteiger partial charge in [-0.3, -0.25) is 0 Å². The van der Waals surface area contributed by atoms with E-state index in [1.165, 1.54) is 0 Å². The molecule has 0 radical (unpaired) electrons. The minimum Gasteiger partial charge on any atom is -0.493 e. The fourth-order valence-electron chi connectivity index (χ4n) is 2.88. The van der Waals surface area contributed by atoms with Crippen molar-refractivity contribution >= 4 is 5.96 Å². The highest BCUT2D eigenvalue weighted by Crippen LogP contribution is 2.21. The van der Waals surface area contributed by atoms with Crippen LogP contribution in [0, 0.1) is 6.92 Å². The third kappa shape index (κ3) is 7.75. The Balaban J connectivity index is 2.05. The highest BCUT2D eigenvalue weighted by molar-refractivity contribution is 5.79. The Morgan fingerprint density at radius 3 is 2.55 bits per heavy atom. The van der Waals surface area contributed by atoms with E-state index in [2.05, 4.69) is 35.8 Å². The van der Waals surface area contributed by atoms with E-state index >= 15 is 0 Å². The molecule has 0 saturated carbocycles. The van der Waals surface area contributed by atoms with Crippen molar-refractivity contribution in [1.29, 1.82) is 0 Å². The van der Waals surface area contributed by atoms with Gasteiger partial charge in [0.15, 0.2) is 5.96 Å². The molecule has 6 heteroatoms. The van der Waals surface area contributed by atoms with Gasteiger partial charge < -0.3 is 25.2 Å². The molecule has 2 aromatic rings. The second kappa shape index (κ2) is 12.8. The van der Waals surface area contributed by atoms with E-state index in [4.69, 9.17) is 14.5 Å². The summed E-state index contributed by atoms with van der Waals surface area (Å²) in [6.07, 6.45) is 0.849. The maximum absolute atomic E-state index is 9.50. The molecule has 0 atom stereocenters. The largest absolute Gasteiger partial charge is 0.493 e. The molecule has 0 saturated heterocycles. The zero-order valence-corrected chi connectivity index (χ0v) is 17.7. The smallest absolute Gasteiger partial charge is 0.191 e. The lowest BCUT2D eigenvalue weighted by Gasteiger charge is -2.14. The summed E-state index contributed by atoms with van der Waals surface area (Å²) < 4.78 is 11.0. The maximum Gasteiger partial charge on any atom is 0.191 e. The summed E-state index contributed by atoms with van der Waals surface area (Å²) in [7, 11) is 1.70. The predicted molar refractivity (Wildman–Crippen MR) is 117 cm³/mol. The monoisotopic (exact) mass is 399 g/mol. The molecule has 0 aliphatic heterocycles. The normalized spacial score (nSPS) is 11.4. The van der Waals surface area contributed by atoms with Gasteiger partial charge in [-0.15, -0.1) is 0 Å². The van der Waals surface area contributed by atoms with Gasteiger partial charge in [0.2, 0.25) is 0 Å². The van der Waals surface area contributed by atoms with Gasteiger partial charge in [-0.25, -0.2) is 4.99 Å². The Morgan fingerprint density at radius 1 is 1.03 bits per heavy atom. The van der Waals surface area contributed by atoms with Gasteiger partial charge in [0.05, 0.1) is 19.8 Å². The fraction of sp³-hybridized carbons (Fsp3) is 0.435. The highest BCUT2D eigenvalue weighted by atomic mass is 16.5. The lowest BCUT2D eigenvalue weighted by atomic mass is 10.1. The van der Waals surface area contributed by atoms with Crippen molar-refractivity contribution in [3.8, 4) is 5.75 Å². The highest BCUT2D eigenvalue weighted by Gasteiger charge is 2.06. The minimum absolute atomic E-state index is 0.0265. The topological polar surface area (TPSA) is 75.1 Å². The summed E-state index contributed by atoms with van der Waals surface area (Å²) in [5.41, 5.74) is 4.17. The van der Waals surface area contributed by atoms with E-state index in [9.17, 15) is 5.11 Å². The third-order valence-electron chi connectivity index (χ3n) is 4.46. The van der Waals surface area contributed by atoms with Crippen molar-refractivity contribution in [2.75, 3.05) is 26.9 Å². The molecule has 0 amide bonds. The number of nitrogens with zero attached hydrogens (tertiary/aromatic N) is 1. The van der Waals surface area contributed by atoms with Crippen LogP contribution >= 0.6 is 0 Å². The van der Waals surface area contributed by atoms with Crippen LogP contribution in [0.2, 0.25) is 0 Å².